The number of nitrogens with zero attached hydrogens (tertiary/aromatic N) is 1. The second-order valence-electron chi connectivity index (χ2n) is 3.75. The highest BCUT2D eigenvalue weighted by atomic mass is 32.2. The quantitative estimate of drug-likeness (QED) is 0.704. The number of carbonyl (C=O) groups is 1. The van der Waals surface area contributed by atoms with Crippen molar-refractivity contribution in [2.24, 2.45) is 0 Å². The minimum atomic E-state index is -0.709. The summed E-state index contributed by atoms with van der Waals surface area (Å²) >= 11 is 12.2. The normalized spacial score (nSPS) is 17.9. The Morgan fingerprint density at radius 3 is 2.00 bits per heavy atom. The van der Waals surface area contributed by atoms with E-state index in [4.69, 9.17) is 0 Å². The van der Waals surface area contributed by atoms with Crippen molar-refractivity contribution in [3.8, 4) is 0 Å². The molecule has 0 heterocycles. The van der Waals surface area contributed by atoms with E-state index < -0.39 is 5.54 Å². The SMILES string of the molecule is O=C(S)C1(N(S)S)Cc2ccccc2C1. The Balaban J connectivity index is 2.41. The summed E-state index contributed by atoms with van der Waals surface area (Å²) < 4.78 is 1.38. The Hall–Kier alpha value is -0.100. The predicted octanol–water partition coefficient (Wildman–Crippen LogP) is 1.97. The van der Waals surface area contributed by atoms with Crippen molar-refractivity contribution in [2.45, 2.75) is 18.4 Å². The van der Waals surface area contributed by atoms with Crippen LogP contribution in [-0.2, 0) is 17.6 Å². The monoisotopic (exact) mass is 257 g/mol. The molecule has 0 aromatic heterocycles. The van der Waals surface area contributed by atoms with Gasteiger partial charge in [0.1, 0.15) is 5.54 Å². The molecule has 0 atom stereocenters. The summed E-state index contributed by atoms with van der Waals surface area (Å²) in [6.07, 6.45) is 1.25. The molecule has 1 aliphatic rings. The van der Waals surface area contributed by atoms with Crippen molar-refractivity contribution in [1.82, 2.24) is 3.71 Å². The van der Waals surface area contributed by atoms with Crippen LogP contribution in [0.25, 0.3) is 0 Å². The lowest BCUT2D eigenvalue weighted by Crippen LogP contribution is -2.45. The third kappa shape index (κ3) is 1.82. The molecule has 2 nitrogen and oxygen atoms in total. The van der Waals surface area contributed by atoms with Crippen molar-refractivity contribution in [1.29, 1.82) is 0 Å². The molecule has 0 bridgehead atoms. The molecule has 0 fully saturated rings. The van der Waals surface area contributed by atoms with Crippen molar-refractivity contribution < 1.29 is 4.79 Å². The summed E-state index contributed by atoms with van der Waals surface area (Å²) in [5.74, 6) is 0. The fourth-order valence-electron chi connectivity index (χ4n) is 1.97. The van der Waals surface area contributed by atoms with Gasteiger partial charge < -0.3 is 0 Å². The van der Waals surface area contributed by atoms with Gasteiger partial charge in [0, 0.05) is 12.8 Å². The van der Waals surface area contributed by atoms with Crippen LogP contribution in [0.4, 0.5) is 0 Å². The molecule has 1 aliphatic carbocycles. The van der Waals surface area contributed by atoms with Gasteiger partial charge in [-0.25, -0.2) is 0 Å². The van der Waals surface area contributed by atoms with Gasteiger partial charge in [0.25, 0.3) is 0 Å². The first kappa shape index (κ1) is 11.4. The molecule has 1 aromatic rings. The molecule has 5 heteroatoms. The van der Waals surface area contributed by atoms with Crippen LogP contribution in [0.15, 0.2) is 24.3 Å². The maximum atomic E-state index is 11.6. The fraction of sp³-hybridized carbons (Fsp3) is 0.300. The van der Waals surface area contributed by atoms with Gasteiger partial charge in [-0.05, 0) is 11.1 Å². The van der Waals surface area contributed by atoms with Crippen LogP contribution in [0, 0.1) is 0 Å². The van der Waals surface area contributed by atoms with E-state index in [2.05, 4.69) is 38.3 Å². The molecular weight excluding hydrogens is 246 g/mol. The molecule has 0 saturated carbocycles. The summed E-state index contributed by atoms with van der Waals surface area (Å²) in [6.45, 7) is 0. The molecular formula is C10H11NOS3. The number of hydrogen-bond acceptors (Lipinski definition) is 4. The van der Waals surface area contributed by atoms with E-state index in [9.17, 15) is 4.79 Å². The largest absolute Gasteiger partial charge is 0.285 e. The van der Waals surface area contributed by atoms with Crippen LogP contribution in [-0.4, -0.2) is 14.4 Å². The zero-order valence-electron chi connectivity index (χ0n) is 7.92. The number of carbonyl (C=O) groups excluding carboxylic acids is 1. The van der Waals surface area contributed by atoms with Gasteiger partial charge in [-0.3, -0.25) is 4.79 Å². The summed E-state index contributed by atoms with van der Waals surface area (Å²) in [7, 11) is 0. The Morgan fingerprint density at radius 1 is 1.20 bits per heavy atom. The Kier molecular flexibility index (Phi) is 3.07. The highest BCUT2D eigenvalue weighted by molar-refractivity contribution is 7.97. The van der Waals surface area contributed by atoms with Gasteiger partial charge in [0.05, 0.1) is 0 Å². The molecule has 0 unspecified atom stereocenters. The minimum Gasteiger partial charge on any atom is -0.285 e. The van der Waals surface area contributed by atoms with E-state index in [0.29, 0.717) is 12.8 Å². The Bertz CT molecular complexity index is 380. The lowest BCUT2D eigenvalue weighted by Gasteiger charge is -2.30. The fourth-order valence-corrected chi connectivity index (χ4v) is 2.85. The van der Waals surface area contributed by atoms with Gasteiger partial charge in [-0.2, -0.15) is 3.71 Å². The first-order valence-electron chi connectivity index (χ1n) is 4.54. The smallest absolute Gasteiger partial charge is 0.208 e. The highest BCUT2D eigenvalue weighted by Gasteiger charge is 2.45. The number of hydrogen-bond donors (Lipinski definition) is 3. The van der Waals surface area contributed by atoms with Crippen LogP contribution in [0.5, 0.6) is 0 Å². The molecule has 0 aliphatic heterocycles. The van der Waals surface area contributed by atoms with Crippen LogP contribution < -0.4 is 0 Å². The summed E-state index contributed by atoms with van der Waals surface area (Å²) in [5, 5.41) is -0.191. The highest BCUT2D eigenvalue weighted by Crippen LogP contribution is 2.38. The molecule has 0 saturated heterocycles. The number of thiol groups is 3. The van der Waals surface area contributed by atoms with Gasteiger partial charge in [-0.1, -0.05) is 49.9 Å². The lowest BCUT2D eigenvalue weighted by atomic mass is 9.99. The topological polar surface area (TPSA) is 20.3 Å². The molecule has 0 spiro atoms. The zero-order valence-corrected chi connectivity index (χ0v) is 10.6. The van der Waals surface area contributed by atoms with Crippen LogP contribution in [0.3, 0.4) is 0 Å². The molecule has 0 N–H and O–H groups in total. The van der Waals surface area contributed by atoms with Gasteiger partial charge in [-0.15, -0.1) is 12.6 Å². The molecule has 2 rings (SSSR count). The van der Waals surface area contributed by atoms with Crippen LogP contribution >= 0.6 is 38.3 Å². The minimum absolute atomic E-state index is 0.191. The maximum Gasteiger partial charge on any atom is 0.208 e. The third-order valence-corrected chi connectivity index (χ3v) is 4.05. The first-order chi connectivity index (χ1) is 7.06. The number of rotatable bonds is 2. The Morgan fingerprint density at radius 2 is 1.67 bits per heavy atom. The van der Waals surface area contributed by atoms with Crippen molar-refractivity contribution in [2.75, 3.05) is 0 Å². The molecule has 0 radical (unpaired) electrons. The van der Waals surface area contributed by atoms with Crippen molar-refractivity contribution in [3.63, 3.8) is 0 Å². The van der Waals surface area contributed by atoms with E-state index in [1.165, 1.54) is 14.8 Å². The third-order valence-electron chi connectivity index (χ3n) is 2.87. The standard InChI is InChI=1S/C10H11NOS3/c12-9(13)10(11(14)15)5-7-3-1-2-4-8(7)6-10/h1-4,14-15H,5-6H2,(H,12,13). The Labute approximate surface area is 106 Å². The van der Waals surface area contributed by atoms with Crippen LogP contribution in [0.2, 0.25) is 0 Å². The van der Waals surface area contributed by atoms with Gasteiger partial charge in [0.2, 0.25) is 5.12 Å². The summed E-state index contributed by atoms with van der Waals surface area (Å²) in [6, 6.07) is 8.00. The lowest BCUT2D eigenvalue weighted by molar-refractivity contribution is -0.117. The molecule has 80 valence electrons. The molecule has 0 amide bonds. The van der Waals surface area contributed by atoms with Crippen LogP contribution in [0.1, 0.15) is 11.1 Å². The van der Waals surface area contributed by atoms with Crippen molar-refractivity contribution in [3.05, 3.63) is 35.4 Å². The van der Waals surface area contributed by atoms with E-state index in [1.807, 2.05) is 24.3 Å². The molecule has 15 heavy (non-hydrogen) atoms. The molecule has 1 aromatic carbocycles. The second-order valence-corrected chi connectivity index (χ2v) is 5.27. The van der Waals surface area contributed by atoms with Crippen molar-refractivity contribution >= 4 is 43.4 Å². The number of fused-ring (bicyclic) bond motifs is 1. The first-order valence-corrected chi connectivity index (χ1v) is 5.79. The second kappa shape index (κ2) is 4.05. The zero-order chi connectivity index (χ0) is 11.1. The van der Waals surface area contributed by atoms with Gasteiger partial charge in [0.15, 0.2) is 0 Å². The average Bonchev–Trinajstić information content (AvgIpc) is 2.57. The maximum absolute atomic E-state index is 11.6. The van der Waals surface area contributed by atoms with E-state index in [1.54, 1.807) is 0 Å². The van der Waals surface area contributed by atoms with E-state index in [0.717, 1.165) is 0 Å². The average molecular weight is 257 g/mol. The summed E-state index contributed by atoms with van der Waals surface area (Å²) in [4.78, 5) is 11.6. The van der Waals surface area contributed by atoms with E-state index >= 15 is 0 Å². The summed E-state index contributed by atoms with van der Waals surface area (Å²) in [5.41, 5.74) is 1.64. The number of benzene rings is 1. The predicted molar refractivity (Wildman–Crippen MR) is 70.4 cm³/mol. The van der Waals surface area contributed by atoms with E-state index in [-0.39, 0.29) is 5.12 Å². The van der Waals surface area contributed by atoms with Gasteiger partial charge >= 0.3 is 0 Å².